The number of sulfonamides is 1. The minimum absolute atomic E-state index is 0.0798. The number of para-hydroxylation sites is 1. The Balaban J connectivity index is 3.34. The quantitative estimate of drug-likeness (QED) is 0.840. The van der Waals surface area contributed by atoms with E-state index in [1.54, 1.807) is 19.1 Å². The second kappa shape index (κ2) is 5.18. The van der Waals surface area contributed by atoms with Gasteiger partial charge in [-0.1, -0.05) is 13.0 Å². The monoisotopic (exact) mass is 245 g/mol. The van der Waals surface area contributed by atoms with Crippen molar-refractivity contribution in [3.05, 3.63) is 18.2 Å². The van der Waals surface area contributed by atoms with E-state index < -0.39 is 10.0 Å². The van der Waals surface area contributed by atoms with Crippen LogP contribution in [-0.2, 0) is 10.0 Å². The smallest absolute Gasteiger partial charge is 0.244 e. The molecule has 0 spiro atoms. The number of benzene rings is 1. The molecule has 0 saturated heterocycles. The maximum Gasteiger partial charge on any atom is 0.244 e. The normalized spacial score (nSPS) is 11.2. The van der Waals surface area contributed by atoms with Crippen molar-refractivity contribution in [2.24, 2.45) is 0 Å². The summed E-state index contributed by atoms with van der Waals surface area (Å²) in [5.41, 5.74) is 0. The van der Waals surface area contributed by atoms with Gasteiger partial charge in [-0.2, -0.15) is 0 Å². The Kier molecular flexibility index (Phi) is 4.14. The lowest BCUT2D eigenvalue weighted by Gasteiger charge is -2.12. The van der Waals surface area contributed by atoms with E-state index in [1.165, 1.54) is 20.3 Å². The van der Waals surface area contributed by atoms with Crippen LogP contribution in [0.2, 0.25) is 0 Å². The van der Waals surface area contributed by atoms with Crippen LogP contribution >= 0.6 is 0 Å². The minimum Gasteiger partial charge on any atom is -0.493 e. The molecular weight excluding hydrogens is 230 g/mol. The number of ether oxygens (including phenoxy) is 2. The largest absolute Gasteiger partial charge is 0.493 e. The third kappa shape index (κ3) is 2.45. The van der Waals surface area contributed by atoms with E-state index in [4.69, 9.17) is 9.47 Å². The van der Waals surface area contributed by atoms with Crippen LogP contribution in [0.25, 0.3) is 0 Å². The summed E-state index contributed by atoms with van der Waals surface area (Å²) in [6.45, 7) is 2.03. The van der Waals surface area contributed by atoms with Gasteiger partial charge in [0.2, 0.25) is 10.0 Å². The summed E-state index contributed by atoms with van der Waals surface area (Å²) in [7, 11) is -0.675. The van der Waals surface area contributed by atoms with Crippen molar-refractivity contribution in [3.63, 3.8) is 0 Å². The van der Waals surface area contributed by atoms with E-state index in [0.717, 1.165) is 0 Å². The maximum atomic E-state index is 11.8. The zero-order valence-electron chi connectivity index (χ0n) is 9.48. The highest BCUT2D eigenvalue weighted by molar-refractivity contribution is 7.89. The van der Waals surface area contributed by atoms with Crippen LogP contribution in [0.4, 0.5) is 0 Å². The molecule has 0 heterocycles. The molecule has 0 aliphatic rings. The van der Waals surface area contributed by atoms with Crippen molar-refractivity contribution in [3.8, 4) is 11.5 Å². The second-order valence-electron chi connectivity index (χ2n) is 2.99. The molecule has 6 heteroatoms. The fourth-order valence-corrected chi connectivity index (χ4v) is 2.56. The predicted octanol–water partition coefficient (Wildman–Crippen LogP) is 1.00. The van der Waals surface area contributed by atoms with Crippen molar-refractivity contribution in [2.75, 3.05) is 20.8 Å². The van der Waals surface area contributed by atoms with E-state index in [-0.39, 0.29) is 10.6 Å². The third-order valence-corrected chi connectivity index (χ3v) is 3.56. The van der Waals surface area contributed by atoms with Crippen LogP contribution in [0, 0.1) is 0 Å². The lowest BCUT2D eigenvalue weighted by molar-refractivity contribution is 0.346. The standard InChI is InChI=1S/C10H15NO4S/c1-4-11-16(12,13)9-7-5-6-8(14-2)10(9)15-3/h5-7,11H,4H2,1-3H3. The summed E-state index contributed by atoms with van der Waals surface area (Å²) in [5, 5.41) is 0. The molecule has 0 aliphatic carbocycles. The van der Waals surface area contributed by atoms with Gasteiger partial charge in [0.05, 0.1) is 14.2 Å². The molecule has 0 atom stereocenters. The molecule has 0 amide bonds. The molecule has 0 unspecified atom stereocenters. The summed E-state index contributed by atoms with van der Waals surface area (Å²) >= 11 is 0. The van der Waals surface area contributed by atoms with Crippen LogP contribution in [0.15, 0.2) is 23.1 Å². The van der Waals surface area contributed by atoms with Gasteiger partial charge < -0.3 is 9.47 Å². The lowest BCUT2D eigenvalue weighted by Crippen LogP contribution is -2.23. The SMILES string of the molecule is CCNS(=O)(=O)c1cccc(OC)c1OC. The first-order valence-corrected chi connectivity index (χ1v) is 6.25. The zero-order chi connectivity index (χ0) is 12.2. The summed E-state index contributed by atoms with van der Waals surface area (Å²) < 4.78 is 36.2. The average molecular weight is 245 g/mol. The Morgan fingerprint density at radius 1 is 1.25 bits per heavy atom. The summed E-state index contributed by atoms with van der Waals surface area (Å²) in [6.07, 6.45) is 0. The van der Waals surface area contributed by atoms with Crippen molar-refractivity contribution < 1.29 is 17.9 Å². The van der Waals surface area contributed by atoms with Crippen LogP contribution in [0.1, 0.15) is 6.92 Å². The van der Waals surface area contributed by atoms with Gasteiger partial charge in [-0.3, -0.25) is 0 Å². The van der Waals surface area contributed by atoms with Gasteiger partial charge in [-0.05, 0) is 12.1 Å². The molecule has 0 bridgehead atoms. The Morgan fingerprint density at radius 3 is 2.44 bits per heavy atom. The Morgan fingerprint density at radius 2 is 1.94 bits per heavy atom. The van der Waals surface area contributed by atoms with Crippen LogP contribution in [-0.4, -0.2) is 29.2 Å². The first-order valence-electron chi connectivity index (χ1n) is 4.77. The van der Waals surface area contributed by atoms with Crippen molar-refractivity contribution in [2.45, 2.75) is 11.8 Å². The number of hydrogen-bond acceptors (Lipinski definition) is 4. The van der Waals surface area contributed by atoms with Gasteiger partial charge in [-0.15, -0.1) is 0 Å². The lowest BCUT2D eigenvalue weighted by atomic mass is 10.3. The number of methoxy groups -OCH3 is 2. The molecule has 1 N–H and O–H groups in total. The summed E-state index contributed by atoms with van der Waals surface area (Å²) in [6, 6.07) is 4.72. The fraction of sp³-hybridized carbons (Fsp3) is 0.400. The average Bonchev–Trinajstić information content (AvgIpc) is 2.27. The molecule has 1 aromatic rings. The van der Waals surface area contributed by atoms with E-state index in [0.29, 0.717) is 12.3 Å². The van der Waals surface area contributed by atoms with Crippen molar-refractivity contribution in [1.29, 1.82) is 0 Å². The number of nitrogens with one attached hydrogen (secondary N) is 1. The van der Waals surface area contributed by atoms with Gasteiger partial charge >= 0.3 is 0 Å². The van der Waals surface area contributed by atoms with Gasteiger partial charge in [0.15, 0.2) is 11.5 Å². The van der Waals surface area contributed by atoms with Crippen LogP contribution in [0.3, 0.4) is 0 Å². The van der Waals surface area contributed by atoms with Gasteiger partial charge in [0.1, 0.15) is 4.90 Å². The molecule has 90 valence electrons. The molecular formula is C10H15NO4S. The first-order chi connectivity index (χ1) is 7.56. The van der Waals surface area contributed by atoms with E-state index >= 15 is 0 Å². The summed E-state index contributed by atoms with van der Waals surface area (Å²) in [5.74, 6) is 0.604. The second-order valence-corrected chi connectivity index (χ2v) is 4.73. The number of rotatable bonds is 5. The number of hydrogen-bond donors (Lipinski definition) is 1. The molecule has 1 rings (SSSR count). The molecule has 0 fully saturated rings. The zero-order valence-corrected chi connectivity index (χ0v) is 10.3. The van der Waals surface area contributed by atoms with Crippen molar-refractivity contribution >= 4 is 10.0 Å². The minimum atomic E-state index is -3.54. The molecule has 0 aromatic heterocycles. The third-order valence-electron chi connectivity index (χ3n) is 1.99. The highest BCUT2D eigenvalue weighted by Gasteiger charge is 2.21. The first kappa shape index (κ1) is 12.8. The highest BCUT2D eigenvalue weighted by atomic mass is 32.2. The van der Waals surface area contributed by atoms with E-state index in [9.17, 15) is 8.42 Å². The van der Waals surface area contributed by atoms with Crippen LogP contribution in [0.5, 0.6) is 11.5 Å². The van der Waals surface area contributed by atoms with Gasteiger partial charge in [0.25, 0.3) is 0 Å². The Labute approximate surface area is 95.4 Å². The van der Waals surface area contributed by atoms with Gasteiger partial charge in [0, 0.05) is 6.54 Å². The highest BCUT2D eigenvalue weighted by Crippen LogP contribution is 2.33. The molecule has 16 heavy (non-hydrogen) atoms. The Hall–Kier alpha value is -1.27. The predicted molar refractivity (Wildman–Crippen MR) is 60.4 cm³/mol. The molecule has 0 radical (unpaired) electrons. The maximum absolute atomic E-state index is 11.8. The molecule has 0 saturated carbocycles. The topological polar surface area (TPSA) is 64.6 Å². The Bertz CT molecular complexity index is 456. The van der Waals surface area contributed by atoms with Crippen molar-refractivity contribution in [1.82, 2.24) is 4.72 Å². The molecule has 0 aliphatic heterocycles. The van der Waals surface area contributed by atoms with E-state index in [1.807, 2.05) is 0 Å². The fourth-order valence-electron chi connectivity index (χ4n) is 1.34. The summed E-state index contributed by atoms with van der Waals surface area (Å²) in [4.78, 5) is 0.0798. The van der Waals surface area contributed by atoms with Crippen LogP contribution < -0.4 is 14.2 Å². The molecule has 5 nitrogen and oxygen atoms in total. The van der Waals surface area contributed by atoms with Gasteiger partial charge in [-0.25, -0.2) is 13.1 Å². The molecule has 1 aromatic carbocycles. The van der Waals surface area contributed by atoms with E-state index in [2.05, 4.69) is 4.72 Å².